The largest absolute Gasteiger partial charge is 0.493 e. The van der Waals surface area contributed by atoms with Crippen molar-refractivity contribution in [3.8, 4) is 11.5 Å². The molecule has 0 aliphatic carbocycles. The van der Waals surface area contributed by atoms with Crippen molar-refractivity contribution in [3.63, 3.8) is 0 Å². The van der Waals surface area contributed by atoms with Crippen LogP contribution >= 0.6 is 0 Å². The highest BCUT2D eigenvalue weighted by atomic mass is 19.1. The number of halogens is 1. The van der Waals surface area contributed by atoms with Gasteiger partial charge >= 0.3 is 0 Å². The second-order valence-electron chi connectivity index (χ2n) is 8.70. The van der Waals surface area contributed by atoms with Gasteiger partial charge in [0, 0.05) is 6.20 Å². The van der Waals surface area contributed by atoms with E-state index >= 15 is 0 Å². The van der Waals surface area contributed by atoms with E-state index in [0.29, 0.717) is 29.5 Å². The average molecular weight is 489 g/mol. The molecular formula is C28H25FN2O5. The Morgan fingerprint density at radius 2 is 1.92 bits per heavy atom. The van der Waals surface area contributed by atoms with E-state index < -0.39 is 23.2 Å². The van der Waals surface area contributed by atoms with Crippen LogP contribution in [0.3, 0.4) is 0 Å². The molecule has 1 unspecified atom stereocenters. The number of methoxy groups -OCH3 is 1. The van der Waals surface area contributed by atoms with Crippen molar-refractivity contribution in [2.75, 3.05) is 18.6 Å². The highest BCUT2D eigenvalue weighted by molar-refractivity contribution is 6.10. The fraction of sp³-hybridized carbons (Fsp3) is 0.250. The molecule has 0 fully saturated rings. The molecule has 0 N–H and O–H groups in total. The maximum absolute atomic E-state index is 14.0. The van der Waals surface area contributed by atoms with Crippen molar-refractivity contribution in [1.29, 1.82) is 0 Å². The number of carbonyl (C=O) groups excluding carboxylic acids is 1. The van der Waals surface area contributed by atoms with E-state index in [0.717, 1.165) is 24.5 Å². The number of nitrogens with zero attached hydrogens (tertiary/aromatic N) is 2. The monoisotopic (exact) mass is 488 g/mol. The molecule has 7 nitrogen and oxygen atoms in total. The number of carbonyl (C=O) groups is 1. The molecular weight excluding hydrogens is 463 g/mol. The number of amides is 1. The molecule has 36 heavy (non-hydrogen) atoms. The third kappa shape index (κ3) is 3.98. The number of pyridine rings is 1. The van der Waals surface area contributed by atoms with Gasteiger partial charge in [-0.25, -0.2) is 9.37 Å². The van der Waals surface area contributed by atoms with Crippen LogP contribution in [0.15, 0.2) is 63.9 Å². The SMILES string of the molecule is CCCCOc1ccc(C2c3c(oc4ccc(F)cc4c3=O)C(=O)N2c2cc(C)ccn2)cc1OC. The summed E-state index contributed by atoms with van der Waals surface area (Å²) in [6, 6.07) is 11.7. The smallest absolute Gasteiger partial charge is 0.296 e. The number of benzene rings is 2. The minimum atomic E-state index is -0.857. The molecule has 1 amide bonds. The second-order valence-corrected chi connectivity index (χ2v) is 8.70. The van der Waals surface area contributed by atoms with E-state index in [4.69, 9.17) is 13.9 Å². The molecule has 5 rings (SSSR count). The van der Waals surface area contributed by atoms with Crippen LogP contribution in [0.4, 0.5) is 10.2 Å². The van der Waals surface area contributed by atoms with Gasteiger partial charge in [-0.3, -0.25) is 14.5 Å². The summed E-state index contributed by atoms with van der Waals surface area (Å²) in [6.07, 6.45) is 3.49. The zero-order valence-corrected chi connectivity index (χ0v) is 20.2. The van der Waals surface area contributed by atoms with Gasteiger partial charge in [-0.05, 0) is 66.9 Å². The van der Waals surface area contributed by atoms with E-state index in [9.17, 15) is 14.0 Å². The van der Waals surface area contributed by atoms with E-state index in [1.807, 2.05) is 13.0 Å². The Hall–Kier alpha value is -4.20. The summed E-state index contributed by atoms with van der Waals surface area (Å²) < 4.78 is 31.3. The van der Waals surface area contributed by atoms with E-state index in [1.54, 1.807) is 30.5 Å². The first-order valence-corrected chi connectivity index (χ1v) is 11.8. The Bertz CT molecular complexity index is 1530. The Morgan fingerprint density at radius 3 is 2.67 bits per heavy atom. The van der Waals surface area contributed by atoms with Crippen molar-refractivity contribution in [1.82, 2.24) is 4.98 Å². The minimum Gasteiger partial charge on any atom is -0.493 e. The lowest BCUT2D eigenvalue weighted by molar-refractivity contribution is 0.0970. The minimum absolute atomic E-state index is 0.0667. The average Bonchev–Trinajstić information content (AvgIpc) is 3.17. The van der Waals surface area contributed by atoms with E-state index in [1.165, 1.54) is 24.1 Å². The van der Waals surface area contributed by atoms with Gasteiger partial charge < -0.3 is 13.9 Å². The summed E-state index contributed by atoms with van der Waals surface area (Å²) in [5.41, 5.74) is 1.30. The number of ether oxygens (including phenoxy) is 2. The molecule has 0 bridgehead atoms. The Morgan fingerprint density at radius 1 is 1.08 bits per heavy atom. The van der Waals surface area contributed by atoms with Gasteiger partial charge in [0.05, 0.1) is 30.7 Å². The third-order valence-corrected chi connectivity index (χ3v) is 6.24. The quantitative estimate of drug-likeness (QED) is 0.316. The van der Waals surface area contributed by atoms with Gasteiger partial charge in [0.2, 0.25) is 5.76 Å². The van der Waals surface area contributed by atoms with Crippen LogP contribution < -0.4 is 19.8 Å². The van der Waals surface area contributed by atoms with Gasteiger partial charge in [-0.1, -0.05) is 19.4 Å². The standard InChI is InChI=1S/C28H25FN2O5/c1-4-5-12-35-21-8-6-17(14-22(21)34-3)25-24-26(32)19-15-18(29)7-9-20(19)36-27(24)28(33)31(25)23-13-16(2)10-11-30-23/h6-11,13-15,25H,4-5,12H2,1-3H3. The fourth-order valence-corrected chi connectivity index (χ4v) is 4.45. The Balaban J connectivity index is 1.72. The van der Waals surface area contributed by atoms with Crippen molar-refractivity contribution in [3.05, 3.63) is 93.2 Å². The number of unbranched alkanes of at least 4 members (excludes halogenated alkanes) is 1. The lowest BCUT2D eigenvalue weighted by Crippen LogP contribution is -2.30. The molecule has 1 aliphatic rings. The van der Waals surface area contributed by atoms with Crippen LogP contribution in [0.5, 0.6) is 11.5 Å². The summed E-state index contributed by atoms with van der Waals surface area (Å²) in [5, 5.41) is 0.0667. The molecule has 8 heteroatoms. The highest BCUT2D eigenvalue weighted by Crippen LogP contribution is 2.43. The van der Waals surface area contributed by atoms with Crippen LogP contribution in [-0.4, -0.2) is 24.6 Å². The first kappa shape index (κ1) is 23.5. The van der Waals surface area contributed by atoms with Crippen molar-refractivity contribution >= 4 is 22.7 Å². The van der Waals surface area contributed by atoms with Crippen LogP contribution in [0, 0.1) is 12.7 Å². The van der Waals surface area contributed by atoms with Gasteiger partial charge in [0.1, 0.15) is 17.2 Å². The number of aryl methyl sites for hydroxylation is 1. The fourth-order valence-electron chi connectivity index (χ4n) is 4.45. The van der Waals surface area contributed by atoms with Crippen molar-refractivity contribution in [2.24, 2.45) is 0 Å². The summed E-state index contributed by atoms with van der Waals surface area (Å²) in [7, 11) is 1.53. The number of hydrogen-bond donors (Lipinski definition) is 0. The molecule has 0 saturated heterocycles. The highest BCUT2D eigenvalue weighted by Gasteiger charge is 2.44. The molecule has 1 aliphatic heterocycles. The predicted octanol–water partition coefficient (Wildman–Crippen LogP) is 5.57. The molecule has 4 aromatic rings. The lowest BCUT2D eigenvalue weighted by Gasteiger charge is -2.25. The molecule has 0 spiro atoms. The Kier molecular flexibility index (Phi) is 6.18. The second kappa shape index (κ2) is 9.45. The van der Waals surface area contributed by atoms with E-state index in [2.05, 4.69) is 11.9 Å². The summed E-state index contributed by atoms with van der Waals surface area (Å²) in [6.45, 7) is 4.50. The third-order valence-electron chi connectivity index (χ3n) is 6.24. The summed E-state index contributed by atoms with van der Waals surface area (Å²) >= 11 is 0. The van der Waals surface area contributed by atoms with Gasteiger partial charge in [0.15, 0.2) is 16.9 Å². The van der Waals surface area contributed by atoms with Crippen LogP contribution in [0.1, 0.15) is 53.1 Å². The zero-order valence-electron chi connectivity index (χ0n) is 20.2. The number of rotatable bonds is 7. The van der Waals surface area contributed by atoms with Crippen molar-refractivity contribution < 1.29 is 23.1 Å². The van der Waals surface area contributed by atoms with Crippen LogP contribution in [0.2, 0.25) is 0 Å². The number of fused-ring (bicyclic) bond motifs is 2. The maximum Gasteiger partial charge on any atom is 0.296 e. The van der Waals surface area contributed by atoms with Crippen molar-refractivity contribution in [2.45, 2.75) is 32.7 Å². The summed E-state index contributed by atoms with van der Waals surface area (Å²) in [5.74, 6) is 0.245. The molecule has 1 atom stereocenters. The molecule has 184 valence electrons. The summed E-state index contributed by atoms with van der Waals surface area (Å²) in [4.78, 5) is 33.2. The topological polar surface area (TPSA) is 81.9 Å². The number of anilines is 1. The lowest BCUT2D eigenvalue weighted by atomic mass is 9.98. The maximum atomic E-state index is 14.0. The molecule has 2 aromatic heterocycles. The molecule has 2 aromatic carbocycles. The van der Waals surface area contributed by atoms with Gasteiger partial charge in [-0.15, -0.1) is 0 Å². The Labute approximate surface area is 207 Å². The van der Waals surface area contributed by atoms with Crippen LogP contribution in [-0.2, 0) is 0 Å². The first-order valence-electron chi connectivity index (χ1n) is 11.8. The zero-order chi connectivity index (χ0) is 25.4. The molecule has 3 heterocycles. The molecule has 0 saturated carbocycles. The predicted molar refractivity (Wildman–Crippen MR) is 133 cm³/mol. The normalized spacial score (nSPS) is 14.8. The number of hydrogen-bond acceptors (Lipinski definition) is 6. The van der Waals surface area contributed by atoms with E-state index in [-0.39, 0.29) is 22.3 Å². The molecule has 0 radical (unpaired) electrons. The van der Waals surface area contributed by atoms with Gasteiger partial charge in [0.25, 0.3) is 5.91 Å². The van der Waals surface area contributed by atoms with Crippen LogP contribution in [0.25, 0.3) is 11.0 Å². The first-order chi connectivity index (χ1) is 17.4. The van der Waals surface area contributed by atoms with Gasteiger partial charge in [-0.2, -0.15) is 0 Å². The number of aromatic nitrogens is 1.